The monoisotopic (exact) mass is 215 g/mol. The molecule has 0 amide bonds. The Balaban J connectivity index is 4.40. The summed E-state index contributed by atoms with van der Waals surface area (Å²) in [5.74, 6) is -0.976. The lowest BCUT2D eigenvalue weighted by Gasteiger charge is -2.13. The number of carbonyl (C=O) groups is 2. The van der Waals surface area contributed by atoms with Gasteiger partial charge in [-0.25, -0.2) is 0 Å². The first-order chi connectivity index (χ1) is 6.28. The Morgan fingerprint density at radius 3 is 2.14 bits per heavy atom. The molecule has 0 aromatic heterocycles. The van der Waals surface area contributed by atoms with Gasteiger partial charge in [0, 0.05) is 6.42 Å². The molecule has 0 spiro atoms. The number of rotatable bonds is 5. The van der Waals surface area contributed by atoms with E-state index in [9.17, 15) is 9.59 Å². The maximum Gasteiger partial charge on any atom is 0.278 e. The molecule has 0 aromatic rings. The second-order valence-corrected chi connectivity index (χ2v) is 8.39. The molecule has 4 nitrogen and oxygen atoms in total. The van der Waals surface area contributed by atoms with E-state index in [-0.39, 0.29) is 12.1 Å². The van der Waals surface area contributed by atoms with Crippen molar-refractivity contribution < 1.29 is 14.1 Å². The highest BCUT2D eigenvalue weighted by Crippen LogP contribution is 2.03. The molecule has 0 saturated carbocycles. The molecule has 0 aliphatic rings. The quantitative estimate of drug-likeness (QED) is 0.304. The van der Waals surface area contributed by atoms with Gasteiger partial charge in [0.15, 0.2) is 0 Å². The Bertz CT molecular complexity index is 266. The molecule has 0 rings (SSSR count). The molecule has 0 aliphatic heterocycles. The summed E-state index contributed by atoms with van der Waals surface area (Å²) in [5.41, 5.74) is 0.138. The summed E-state index contributed by atoms with van der Waals surface area (Å²) >= 11 is 0. The number of ketones is 2. The van der Waals surface area contributed by atoms with Crippen LogP contribution in [0.25, 0.3) is 0 Å². The fraction of sp³-hybridized carbons (Fsp3) is 0.667. The molecular formula is C9H17NO3Si. The van der Waals surface area contributed by atoms with Gasteiger partial charge < -0.3 is 4.53 Å². The number of oxime groups is 1. The normalized spacial score (nSPS) is 12.5. The zero-order chi connectivity index (χ0) is 11.4. The number of nitrogens with zero attached hydrogens (tertiary/aromatic N) is 1. The maximum atomic E-state index is 11.2. The Labute approximate surface area is 85.4 Å². The molecule has 0 saturated heterocycles. The highest BCUT2D eigenvalue weighted by atomic mass is 28.4. The third-order valence-corrected chi connectivity index (χ3v) is 2.00. The van der Waals surface area contributed by atoms with E-state index in [2.05, 4.69) is 5.16 Å². The van der Waals surface area contributed by atoms with E-state index >= 15 is 0 Å². The van der Waals surface area contributed by atoms with Gasteiger partial charge >= 0.3 is 0 Å². The number of hydrogen-bond donors (Lipinski definition) is 0. The van der Waals surface area contributed by atoms with E-state index < -0.39 is 19.9 Å². The minimum atomic E-state index is -1.76. The van der Waals surface area contributed by atoms with Gasteiger partial charge in [-0.1, -0.05) is 6.92 Å². The van der Waals surface area contributed by atoms with Crippen molar-refractivity contribution in [3.05, 3.63) is 0 Å². The Kier molecular flexibility index (Phi) is 4.69. The molecule has 0 unspecified atom stereocenters. The third kappa shape index (κ3) is 4.91. The Hall–Kier alpha value is -0.973. The summed E-state index contributed by atoms with van der Waals surface area (Å²) in [5, 5.41) is 3.67. The zero-order valence-corrected chi connectivity index (χ0v) is 10.4. The van der Waals surface area contributed by atoms with E-state index in [1.165, 1.54) is 6.92 Å². The summed E-state index contributed by atoms with van der Waals surface area (Å²) in [7, 11) is -1.76. The minimum absolute atomic E-state index is 0.138. The average molecular weight is 215 g/mol. The molecular weight excluding hydrogens is 198 g/mol. The second kappa shape index (κ2) is 5.04. The first-order valence-corrected chi connectivity index (χ1v) is 7.99. The fourth-order valence-electron chi connectivity index (χ4n) is 0.609. The summed E-state index contributed by atoms with van der Waals surface area (Å²) < 4.78 is 5.16. The van der Waals surface area contributed by atoms with Crippen molar-refractivity contribution in [1.82, 2.24) is 0 Å². The Morgan fingerprint density at radius 2 is 1.79 bits per heavy atom. The van der Waals surface area contributed by atoms with Gasteiger partial charge in [0.25, 0.3) is 8.32 Å². The van der Waals surface area contributed by atoms with Crippen molar-refractivity contribution in [3.63, 3.8) is 0 Å². The fourth-order valence-corrected chi connectivity index (χ4v) is 1.02. The molecule has 0 aromatic carbocycles. The Morgan fingerprint density at radius 1 is 1.29 bits per heavy atom. The third-order valence-electron chi connectivity index (χ3n) is 1.36. The van der Waals surface area contributed by atoms with Gasteiger partial charge in [-0.15, -0.1) is 5.16 Å². The molecule has 0 N–H and O–H groups in total. The van der Waals surface area contributed by atoms with Crippen LogP contribution >= 0.6 is 0 Å². The summed E-state index contributed by atoms with van der Waals surface area (Å²) in [4.78, 5) is 22.2. The average Bonchev–Trinajstić information content (AvgIpc) is 2.10. The zero-order valence-electron chi connectivity index (χ0n) is 9.38. The van der Waals surface area contributed by atoms with Crippen LogP contribution < -0.4 is 0 Å². The molecule has 0 fully saturated rings. The van der Waals surface area contributed by atoms with Crippen LogP contribution in [-0.2, 0) is 14.1 Å². The highest BCUT2D eigenvalue weighted by molar-refractivity contribution is 6.70. The molecule has 0 aliphatic carbocycles. The number of carbonyl (C=O) groups excluding carboxylic acids is 2. The molecule has 0 radical (unpaired) electrons. The van der Waals surface area contributed by atoms with Crippen LogP contribution in [0.15, 0.2) is 5.16 Å². The molecule has 5 heteroatoms. The molecule has 0 atom stereocenters. The van der Waals surface area contributed by atoms with Gasteiger partial charge in [-0.05, 0) is 26.6 Å². The predicted octanol–water partition coefficient (Wildman–Crippen LogP) is 1.76. The van der Waals surface area contributed by atoms with E-state index in [0.29, 0.717) is 0 Å². The standard InChI is InChI=1S/C9H17NO3Si/c1-6-8(11)9(12)7(2)10-13-14(3,4)5/h6H2,1-5H3. The lowest BCUT2D eigenvalue weighted by Crippen LogP contribution is -2.26. The second-order valence-electron chi connectivity index (χ2n) is 3.99. The van der Waals surface area contributed by atoms with Crippen molar-refractivity contribution in [2.45, 2.75) is 39.9 Å². The van der Waals surface area contributed by atoms with Crippen LogP contribution in [0.3, 0.4) is 0 Å². The first kappa shape index (κ1) is 13.0. The van der Waals surface area contributed by atoms with Crippen LogP contribution in [0.5, 0.6) is 0 Å². The predicted molar refractivity (Wildman–Crippen MR) is 57.8 cm³/mol. The largest absolute Gasteiger partial charge is 0.455 e. The van der Waals surface area contributed by atoms with Crippen LogP contribution in [0.1, 0.15) is 20.3 Å². The first-order valence-electron chi connectivity index (χ1n) is 4.58. The van der Waals surface area contributed by atoms with E-state index in [0.717, 1.165) is 0 Å². The topological polar surface area (TPSA) is 55.7 Å². The summed E-state index contributed by atoms with van der Waals surface area (Å²) in [6, 6.07) is 0. The van der Waals surface area contributed by atoms with E-state index in [1.807, 2.05) is 19.6 Å². The summed E-state index contributed by atoms with van der Waals surface area (Å²) in [6.07, 6.45) is 0.207. The van der Waals surface area contributed by atoms with E-state index in [1.54, 1.807) is 6.92 Å². The van der Waals surface area contributed by atoms with Crippen LogP contribution in [0.4, 0.5) is 0 Å². The highest BCUT2D eigenvalue weighted by Gasteiger charge is 2.19. The van der Waals surface area contributed by atoms with Crippen molar-refractivity contribution in [3.8, 4) is 0 Å². The molecule has 0 bridgehead atoms. The molecule has 14 heavy (non-hydrogen) atoms. The van der Waals surface area contributed by atoms with E-state index in [4.69, 9.17) is 4.53 Å². The smallest absolute Gasteiger partial charge is 0.278 e. The van der Waals surface area contributed by atoms with Crippen molar-refractivity contribution in [2.75, 3.05) is 0 Å². The maximum absolute atomic E-state index is 11.2. The lowest BCUT2D eigenvalue weighted by molar-refractivity contribution is -0.132. The molecule has 80 valence electrons. The van der Waals surface area contributed by atoms with Crippen LogP contribution in [0.2, 0.25) is 19.6 Å². The van der Waals surface area contributed by atoms with Crippen LogP contribution in [-0.4, -0.2) is 25.6 Å². The minimum Gasteiger partial charge on any atom is -0.455 e. The summed E-state index contributed by atoms with van der Waals surface area (Å²) in [6.45, 7) is 9.00. The lowest BCUT2D eigenvalue weighted by atomic mass is 10.1. The van der Waals surface area contributed by atoms with Crippen molar-refractivity contribution in [1.29, 1.82) is 0 Å². The van der Waals surface area contributed by atoms with Gasteiger partial charge in [-0.2, -0.15) is 0 Å². The molecule has 0 heterocycles. The number of hydrogen-bond acceptors (Lipinski definition) is 4. The van der Waals surface area contributed by atoms with Crippen molar-refractivity contribution in [2.24, 2.45) is 5.16 Å². The van der Waals surface area contributed by atoms with Crippen LogP contribution in [0, 0.1) is 0 Å². The van der Waals surface area contributed by atoms with Gasteiger partial charge in [0.05, 0.1) is 0 Å². The van der Waals surface area contributed by atoms with Gasteiger partial charge in [0.1, 0.15) is 5.71 Å². The van der Waals surface area contributed by atoms with Gasteiger partial charge in [0.2, 0.25) is 11.6 Å². The van der Waals surface area contributed by atoms with Gasteiger partial charge in [-0.3, -0.25) is 9.59 Å². The SMILES string of the molecule is CCC(=O)C(=O)C(C)=NO[Si](C)(C)C. The van der Waals surface area contributed by atoms with Crippen molar-refractivity contribution >= 4 is 25.6 Å². The number of Topliss-reactive ketones (excluding diaryl/α,β-unsaturated/α-hetero) is 2.